The molecule has 8 heteroatoms. The summed E-state index contributed by atoms with van der Waals surface area (Å²) < 4.78 is 2.20. The van der Waals surface area contributed by atoms with Crippen LogP contribution in [0.4, 0.5) is 5.69 Å². The molecule has 1 amide bonds. The Balaban J connectivity index is 1.26. The maximum Gasteiger partial charge on any atom is 0.226 e. The maximum absolute atomic E-state index is 13.1. The van der Waals surface area contributed by atoms with E-state index in [9.17, 15) is 4.79 Å². The summed E-state index contributed by atoms with van der Waals surface area (Å²) in [5.41, 5.74) is 3.77. The van der Waals surface area contributed by atoms with Crippen LogP contribution < -0.4 is 10.6 Å². The average molecular weight is 533 g/mol. The number of hydrogen-bond acceptors (Lipinski definition) is 4. The van der Waals surface area contributed by atoms with E-state index >= 15 is 0 Å². The number of carbonyl (C=O) groups excluding carboxylic acids is 1. The fourth-order valence-electron chi connectivity index (χ4n) is 5.24. The molecule has 39 heavy (non-hydrogen) atoms. The third kappa shape index (κ3) is 5.24. The SMILES string of the molecule is O=C(CCN1C(=S)N[C@@H](c2ccccn2)[C@H]1c1cccn1Cc1ccccn1)Nc1cccc2ccccc12. The zero-order valence-corrected chi connectivity index (χ0v) is 22.1. The molecule has 3 aromatic heterocycles. The van der Waals surface area contributed by atoms with Crippen molar-refractivity contribution in [1.82, 2.24) is 24.8 Å². The van der Waals surface area contributed by atoms with E-state index in [1.54, 1.807) is 6.20 Å². The predicted octanol–water partition coefficient (Wildman–Crippen LogP) is 5.48. The number of fused-ring (bicyclic) bond motifs is 1. The first-order valence-corrected chi connectivity index (χ1v) is 13.4. The van der Waals surface area contributed by atoms with Gasteiger partial charge in [0.25, 0.3) is 0 Å². The number of pyridine rings is 2. The molecule has 1 aliphatic rings. The first kappa shape index (κ1) is 24.8. The van der Waals surface area contributed by atoms with Gasteiger partial charge in [-0.1, -0.05) is 48.5 Å². The quantitative estimate of drug-likeness (QED) is 0.258. The molecule has 194 valence electrons. The van der Waals surface area contributed by atoms with Crippen molar-refractivity contribution < 1.29 is 4.79 Å². The average Bonchev–Trinajstić information content (AvgIpc) is 3.56. The fraction of sp³-hybridized carbons (Fsp3) is 0.161. The second-order valence-electron chi connectivity index (χ2n) is 9.53. The molecule has 4 heterocycles. The van der Waals surface area contributed by atoms with Gasteiger partial charge in [0.05, 0.1) is 30.0 Å². The van der Waals surface area contributed by atoms with Gasteiger partial charge >= 0.3 is 0 Å². The highest BCUT2D eigenvalue weighted by atomic mass is 32.1. The monoisotopic (exact) mass is 532 g/mol. The van der Waals surface area contributed by atoms with E-state index in [2.05, 4.69) is 42.3 Å². The smallest absolute Gasteiger partial charge is 0.226 e. The number of anilines is 1. The van der Waals surface area contributed by atoms with Crippen LogP contribution in [0.5, 0.6) is 0 Å². The van der Waals surface area contributed by atoms with Crippen LogP contribution in [0.1, 0.15) is 35.6 Å². The number of rotatable bonds is 8. The van der Waals surface area contributed by atoms with Gasteiger partial charge < -0.3 is 20.1 Å². The molecule has 0 unspecified atom stereocenters. The molecule has 1 fully saturated rings. The number of benzene rings is 2. The molecule has 0 radical (unpaired) electrons. The number of carbonyl (C=O) groups is 1. The molecule has 0 aliphatic carbocycles. The third-order valence-electron chi connectivity index (χ3n) is 7.07. The van der Waals surface area contributed by atoms with Gasteiger partial charge in [0.1, 0.15) is 0 Å². The Kier molecular flexibility index (Phi) is 7.01. The second kappa shape index (κ2) is 11.0. The highest BCUT2D eigenvalue weighted by Gasteiger charge is 2.41. The van der Waals surface area contributed by atoms with E-state index in [1.807, 2.05) is 91.1 Å². The van der Waals surface area contributed by atoms with Gasteiger partial charge in [0, 0.05) is 48.3 Å². The first-order valence-electron chi connectivity index (χ1n) is 13.0. The lowest BCUT2D eigenvalue weighted by Gasteiger charge is -2.28. The van der Waals surface area contributed by atoms with Gasteiger partial charge in [-0.2, -0.15) is 0 Å². The van der Waals surface area contributed by atoms with Gasteiger partial charge in [0.15, 0.2) is 5.11 Å². The summed E-state index contributed by atoms with van der Waals surface area (Å²) in [7, 11) is 0. The van der Waals surface area contributed by atoms with Crippen LogP contribution in [-0.2, 0) is 11.3 Å². The van der Waals surface area contributed by atoms with E-state index in [0.29, 0.717) is 18.2 Å². The van der Waals surface area contributed by atoms with Gasteiger partial charge in [0.2, 0.25) is 5.91 Å². The number of nitrogens with one attached hydrogen (secondary N) is 2. The summed E-state index contributed by atoms with van der Waals surface area (Å²) in [6, 6.07) is 29.7. The van der Waals surface area contributed by atoms with Gasteiger partial charge in [-0.3, -0.25) is 14.8 Å². The fourth-order valence-corrected chi connectivity index (χ4v) is 5.57. The third-order valence-corrected chi connectivity index (χ3v) is 7.42. The normalized spacial score (nSPS) is 16.8. The van der Waals surface area contributed by atoms with Crippen molar-refractivity contribution in [2.24, 2.45) is 0 Å². The van der Waals surface area contributed by atoms with Gasteiger partial charge in [-0.15, -0.1) is 0 Å². The lowest BCUT2D eigenvalue weighted by atomic mass is 10.0. The van der Waals surface area contributed by atoms with Crippen molar-refractivity contribution in [3.05, 3.63) is 127 Å². The molecule has 2 atom stereocenters. The summed E-state index contributed by atoms with van der Waals surface area (Å²) >= 11 is 5.82. The summed E-state index contributed by atoms with van der Waals surface area (Å²) in [6.45, 7) is 1.10. The molecule has 1 aliphatic heterocycles. The van der Waals surface area contributed by atoms with Crippen molar-refractivity contribution in [3.8, 4) is 0 Å². The largest absolute Gasteiger partial charge is 0.352 e. The number of aromatic nitrogens is 3. The van der Waals surface area contributed by atoms with Gasteiger partial charge in [-0.05, 0) is 60.1 Å². The molecule has 6 rings (SSSR count). The predicted molar refractivity (Wildman–Crippen MR) is 157 cm³/mol. The van der Waals surface area contributed by atoms with Gasteiger partial charge in [-0.25, -0.2) is 0 Å². The van der Waals surface area contributed by atoms with Crippen LogP contribution >= 0.6 is 12.2 Å². The summed E-state index contributed by atoms with van der Waals surface area (Å²) in [6.07, 6.45) is 5.95. The Morgan fingerprint density at radius 3 is 2.51 bits per heavy atom. The van der Waals surface area contributed by atoms with Crippen molar-refractivity contribution in [2.75, 3.05) is 11.9 Å². The number of amides is 1. The van der Waals surface area contributed by atoms with Crippen LogP contribution in [0.25, 0.3) is 10.8 Å². The zero-order valence-electron chi connectivity index (χ0n) is 21.3. The zero-order chi connectivity index (χ0) is 26.6. The van der Waals surface area contributed by atoms with E-state index in [0.717, 1.165) is 33.5 Å². The summed E-state index contributed by atoms with van der Waals surface area (Å²) in [5.74, 6) is -0.0574. The molecule has 5 aromatic rings. The van der Waals surface area contributed by atoms with E-state index in [-0.39, 0.29) is 24.4 Å². The van der Waals surface area contributed by atoms with Crippen LogP contribution in [0.15, 0.2) is 110 Å². The van der Waals surface area contributed by atoms with Crippen molar-refractivity contribution in [1.29, 1.82) is 0 Å². The minimum atomic E-state index is -0.155. The standard InChI is InChI=1S/C31H28N6OS/c38-28(34-25-14-7-10-22-9-1-2-12-24(22)25)16-20-37-30(29(35-31(37)39)26-13-4-6-18-33-26)27-15-8-19-36(27)21-23-11-3-5-17-32-23/h1-15,17-19,29-30H,16,20-21H2,(H,34,38)(H,35,39)/t29-,30+/m0/s1. The molecule has 0 bridgehead atoms. The minimum absolute atomic E-state index is 0.0574. The Morgan fingerprint density at radius 2 is 1.69 bits per heavy atom. The van der Waals surface area contributed by atoms with Crippen molar-refractivity contribution in [3.63, 3.8) is 0 Å². The number of nitrogens with zero attached hydrogens (tertiary/aromatic N) is 4. The Morgan fingerprint density at radius 1 is 0.897 bits per heavy atom. The van der Waals surface area contributed by atoms with Crippen LogP contribution in [0.2, 0.25) is 0 Å². The topological polar surface area (TPSA) is 75.1 Å². The molecule has 2 N–H and O–H groups in total. The number of thiocarbonyl (C=S) groups is 1. The molecular formula is C31H28N6OS. The minimum Gasteiger partial charge on any atom is -0.352 e. The lowest BCUT2D eigenvalue weighted by Crippen LogP contribution is -2.33. The maximum atomic E-state index is 13.1. The Bertz CT molecular complexity index is 1600. The number of hydrogen-bond donors (Lipinski definition) is 2. The molecule has 7 nitrogen and oxygen atoms in total. The van der Waals surface area contributed by atoms with Crippen LogP contribution in [-0.4, -0.2) is 37.0 Å². The summed E-state index contributed by atoms with van der Waals surface area (Å²) in [4.78, 5) is 24.4. The highest BCUT2D eigenvalue weighted by molar-refractivity contribution is 7.80. The molecule has 1 saturated heterocycles. The Hall–Kier alpha value is -4.56. The second-order valence-corrected chi connectivity index (χ2v) is 9.91. The van der Waals surface area contributed by atoms with E-state index in [4.69, 9.17) is 12.2 Å². The van der Waals surface area contributed by atoms with Crippen LogP contribution in [0.3, 0.4) is 0 Å². The Labute approximate surface area is 232 Å². The van der Waals surface area contributed by atoms with Crippen molar-refractivity contribution in [2.45, 2.75) is 25.0 Å². The molecular weight excluding hydrogens is 504 g/mol. The van der Waals surface area contributed by atoms with E-state index in [1.165, 1.54) is 0 Å². The van der Waals surface area contributed by atoms with Crippen LogP contribution in [0, 0.1) is 0 Å². The van der Waals surface area contributed by atoms with Crippen molar-refractivity contribution >= 4 is 39.7 Å². The molecule has 0 spiro atoms. The summed E-state index contributed by atoms with van der Waals surface area (Å²) in [5, 5.41) is 9.31. The van der Waals surface area contributed by atoms with E-state index < -0.39 is 0 Å². The first-order chi connectivity index (χ1) is 19.2. The molecule has 2 aromatic carbocycles. The highest BCUT2D eigenvalue weighted by Crippen LogP contribution is 2.39. The lowest BCUT2D eigenvalue weighted by molar-refractivity contribution is -0.116. The molecule has 0 saturated carbocycles.